The van der Waals surface area contributed by atoms with E-state index in [9.17, 15) is 5.26 Å². The second kappa shape index (κ2) is 6.29. The lowest BCUT2D eigenvalue weighted by Gasteiger charge is -2.12. The van der Waals surface area contributed by atoms with E-state index >= 15 is 0 Å². The average molecular weight is 326 g/mol. The topological polar surface area (TPSA) is 53.1 Å². The van der Waals surface area contributed by atoms with Gasteiger partial charge in [-0.1, -0.05) is 42.5 Å². The number of nitrogens with zero attached hydrogens (tertiary/aromatic N) is 3. The SMILES string of the molecule is Cc1cc(NCCc2ccccc2)n2c(nc3ccccc32)c1C#N. The molecule has 0 saturated heterocycles. The number of aromatic nitrogens is 2. The molecule has 1 N–H and O–H groups in total. The Kier molecular flexibility index (Phi) is 3.83. The Balaban J connectivity index is 1.76. The molecule has 0 unspecified atom stereocenters. The number of hydrogen-bond acceptors (Lipinski definition) is 3. The molecule has 122 valence electrons. The van der Waals surface area contributed by atoms with E-state index in [1.807, 2.05) is 47.7 Å². The second-order valence-electron chi connectivity index (χ2n) is 6.12. The minimum absolute atomic E-state index is 0.629. The first kappa shape index (κ1) is 15.2. The first-order valence-corrected chi connectivity index (χ1v) is 8.36. The normalized spacial score (nSPS) is 10.9. The number of nitrogens with one attached hydrogen (secondary N) is 1. The third kappa shape index (κ3) is 2.70. The van der Waals surface area contributed by atoms with Crippen LogP contribution in [0.5, 0.6) is 0 Å². The van der Waals surface area contributed by atoms with E-state index in [2.05, 4.69) is 40.6 Å². The maximum absolute atomic E-state index is 9.53. The van der Waals surface area contributed by atoms with E-state index in [0.29, 0.717) is 11.2 Å². The summed E-state index contributed by atoms with van der Waals surface area (Å²) in [6.45, 7) is 2.78. The third-order valence-corrected chi connectivity index (χ3v) is 4.45. The Morgan fingerprint density at radius 3 is 2.64 bits per heavy atom. The maximum Gasteiger partial charge on any atom is 0.157 e. The zero-order valence-corrected chi connectivity index (χ0v) is 14.0. The van der Waals surface area contributed by atoms with Gasteiger partial charge in [-0.3, -0.25) is 4.40 Å². The van der Waals surface area contributed by atoms with Crippen LogP contribution in [0, 0.1) is 18.3 Å². The molecule has 4 rings (SSSR count). The molecule has 0 spiro atoms. The largest absolute Gasteiger partial charge is 0.371 e. The molecule has 0 radical (unpaired) electrons. The molecule has 2 aromatic heterocycles. The summed E-state index contributed by atoms with van der Waals surface area (Å²) in [6.07, 6.45) is 0.939. The van der Waals surface area contributed by atoms with Crippen molar-refractivity contribution in [3.8, 4) is 6.07 Å². The summed E-state index contributed by atoms with van der Waals surface area (Å²) >= 11 is 0. The van der Waals surface area contributed by atoms with Crippen molar-refractivity contribution in [2.24, 2.45) is 0 Å². The molecule has 0 aliphatic heterocycles. The lowest BCUT2D eigenvalue weighted by molar-refractivity contribution is 0.997. The molecule has 0 amide bonds. The summed E-state index contributed by atoms with van der Waals surface area (Å²) in [6, 6.07) is 22.7. The highest BCUT2D eigenvalue weighted by atomic mass is 15.1. The van der Waals surface area contributed by atoms with Crippen LogP contribution in [-0.2, 0) is 6.42 Å². The van der Waals surface area contributed by atoms with Crippen LogP contribution in [0.3, 0.4) is 0 Å². The predicted octanol–water partition coefficient (Wildman–Crippen LogP) is 4.32. The Morgan fingerprint density at radius 1 is 1.08 bits per heavy atom. The number of anilines is 1. The molecule has 0 bridgehead atoms. The van der Waals surface area contributed by atoms with Gasteiger partial charge in [-0.25, -0.2) is 4.98 Å². The van der Waals surface area contributed by atoms with Gasteiger partial charge in [0.2, 0.25) is 0 Å². The van der Waals surface area contributed by atoms with Crippen LogP contribution in [-0.4, -0.2) is 15.9 Å². The molecule has 4 heteroatoms. The fourth-order valence-corrected chi connectivity index (χ4v) is 3.20. The van der Waals surface area contributed by atoms with Crippen LogP contribution >= 0.6 is 0 Å². The monoisotopic (exact) mass is 326 g/mol. The van der Waals surface area contributed by atoms with Crippen LogP contribution in [0.2, 0.25) is 0 Å². The summed E-state index contributed by atoms with van der Waals surface area (Å²) in [4.78, 5) is 4.67. The third-order valence-electron chi connectivity index (χ3n) is 4.45. The summed E-state index contributed by atoms with van der Waals surface area (Å²) in [7, 11) is 0. The van der Waals surface area contributed by atoms with Crippen molar-refractivity contribution in [1.82, 2.24) is 9.38 Å². The van der Waals surface area contributed by atoms with Crippen molar-refractivity contribution in [2.45, 2.75) is 13.3 Å². The van der Waals surface area contributed by atoms with E-state index in [0.717, 1.165) is 35.4 Å². The van der Waals surface area contributed by atoms with Crippen molar-refractivity contribution >= 4 is 22.5 Å². The highest BCUT2D eigenvalue weighted by Crippen LogP contribution is 2.26. The van der Waals surface area contributed by atoms with Crippen molar-refractivity contribution in [3.05, 3.63) is 77.4 Å². The Morgan fingerprint density at radius 2 is 1.84 bits per heavy atom. The molecule has 25 heavy (non-hydrogen) atoms. The molecule has 0 aliphatic carbocycles. The lowest BCUT2D eigenvalue weighted by atomic mass is 10.1. The van der Waals surface area contributed by atoms with Gasteiger partial charge in [0.05, 0.1) is 16.6 Å². The number of aryl methyl sites for hydroxylation is 1. The number of pyridine rings is 1. The molecule has 4 aromatic rings. The molecule has 0 saturated carbocycles. The van der Waals surface area contributed by atoms with E-state index < -0.39 is 0 Å². The molecule has 0 atom stereocenters. The number of fused-ring (bicyclic) bond motifs is 3. The predicted molar refractivity (Wildman–Crippen MR) is 101 cm³/mol. The first-order valence-electron chi connectivity index (χ1n) is 8.36. The van der Waals surface area contributed by atoms with Crippen molar-refractivity contribution in [2.75, 3.05) is 11.9 Å². The van der Waals surface area contributed by atoms with Crippen LogP contribution < -0.4 is 5.32 Å². The quantitative estimate of drug-likeness (QED) is 0.607. The Hall–Kier alpha value is -3.32. The summed E-state index contributed by atoms with van der Waals surface area (Å²) < 4.78 is 2.05. The molecule has 0 fully saturated rings. The maximum atomic E-state index is 9.53. The highest BCUT2D eigenvalue weighted by Gasteiger charge is 2.14. The van der Waals surface area contributed by atoms with Crippen LogP contribution in [0.25, 0.3) is 16.7 Å². The number of benzene rings is 2. The van der Waals surface area contributed by atoms with Gasteiger partial charge in [0.15, 0.2) is 5.65 Å². The van der Waals surface area contributed by atoms with Gasteiger partial charge in [0, 0.05) is 6.54 Å². The van der Waals surface area contributed by atoms with Crippen molar-refractivity contribution in [1.29, 1.82) is 5.26 Å². The fourth-order valence-electron chi connectivity index (χ4n) is 3.20. The minimum atomic E-state index is 0.629. The highest BCUT2D eigenvalue weighted by molar-refractivity contribution is 5.85. The molecular formula is C21H18N4. The van der Waals surface area contributed by atoms with E-state index in [4.69, 9.17) is 0 Å². The standard InChI is InChI=1S/C21H18N4/c1-15-13-20(23-12-11-16-7-3-2-4-8-16)25-19-10-6-5-9-18(19)24-21(25)17(15)14-22/h2-10,13,23H,11-12H2,1H3. The van der Waals surface area contributed by atoms with Gasteiger partial charge in [-0.05, 0) is 42.7 Å². The summed E-state index contributed by atoms with van der Waals surface area (Å²) in [5, 5.41) is 13.1. The van der Waals surface area contributed by atoms with Crippen LogP contribution in [0.4, 0.5) is 5.82 Å². The summed E-state index contributed by atoms with van der Waals surface area (Å²) in [5.41, 5.74) is 5.49. The second-order valence-corrected chi connectivity index (χ2v) is 6.12. The van der Waals surface area contributed by atoms with Gasteiger partial charge < -0.3 is 5.32 Å². The number of imidazole rings is 1. The van der Waals surface area contributed by atoms with Crippen LogP contribution in [0.1, 0.15) is 16.7 Å². The zero-order chi connectivity index (χ0) is 17.2. The number of hydrogen-bond donors (Lipinski definition) is 1. The minimum Gasteiger partial charge on any atom is -0.371 e. The lowest BCUT2D eigenvalue weighted by Crippen LogP contribution is -2.09. The number of nitriles is 1. The van der Waals surface area contributed by atoms with Gasteiger partial charge in [-0.2, -0.15) is 5.26 Å². The van der Waals surface area contributed by atoms with E-state index in [-0.39, 0.29) is 0 Å². The van der Waals surface area contributed by atoms with Gasteiger partial charge in [0.25, 0.3) is 0 Å². The van der Waals surface area contributed by atoms with Gasteiger partial charge in [0.1, 0.15) is 11.9 Å². The van der Waals surface area contributed by atoms with E-state index in [1.165, 1.54) is 5.56 Å². The molecule has 4 nitrogen and oxygen atoms in total. The molecule has 0 aliphatic rings. The zero-order valence-electron chi connectivity index (χ0n) is 14.0. The molecule has 2 aromatic carbocycles. The number of rotatable bonds is 4. The van der Waals surface area contributed by atoms with Crippen molar-refractivity contribution in [3.63, 3.8) is 0 Å². The smallest absolute Gasteiger partial charge is 0.157 e. The average Bonchev–Trinajstić information content (AvgIpc) is 3.02. The molecular weight excluding hydrogens is 308 g/mol. The molecule has 2 heterocycles. The first-order chi connectivity index (χ1) is 12.3. The van der Waals surface area contributed by atoms with E-state index in [1.54, 1.807) is 0 Å². The Bertz CT molecular complexity index is 1090. The Labute approximate surface area is 146 Å². The van der Waals surface area contributed by atoms with Gasteiger partial charge >= 0.3 is 0 Å². The number of para-hydroxylation sites is 2. The van der Waals surface area contributed by atoms with Crippen LogP contribution in [0.15, 0.2) is 60.7 Å². The van der Waals surface area contributed by atoms with Crippen molar-refractivity contribution < 1.29 is 0 Å². The fraction of sp³-hybridized carbons (Fsp3) is 0.143. The summed E-state index contributed by atoms with van der Waals surface area (Å²) in [5.74, 6) is 0.969. The van der Waals surface area contributed by atoms with Gasteiger partial charge in [-0.15, -0.1) is 0 Å².